The van der Waals surface area contributed by atoms with Gasteiger partial charge in [0.25, 0.3) is 0 Å². The van der Waals surface area contributed by atoms with Gasteiger partial charge in [0.1, 0.15) is 18.8 Å². The molecule has 4 rings (SSSR count). The second-order valence-electron chi connectivity index (χ2n) is 7.51. The zero-order valence-electron chi connectivity index (χ0n) is 18.8. The van der Waals surface area contributed by atoms with Crippen LogP contribution in [0, 0.1) is 5.82 Å². The first-order valence-electron chi connectivity index (χ1n) is 10.5. The molecule has 0 amide bonds. The fraction of sp³-hybridized carbons (Fsp3) is 0.0870. The SMILES string of the molecule is [B]c1cccc(/C=N/Nc2nc(NCc3ccc(Cl)nc3)nc(Nc3ccc(F)c(C(F)(F)F)c3)n2)c1. The second-order valence-corrected chi connectivity index (χ2v) is 7.89. The molecule has 37 heavy (non-hydrogen) atoms. The summed E-state index contributed by atoms with van der Waals surface area (Å²) in [5.74, 6) is -1.46. The molecular weight excluding hydrogens is 511 g/mol. The van der Waals surface area contributed by atoms with Crippen molar-refractivity contribution in [1.82, 2.24) is 19.9 Å². The van der Waals surface area contributed by atoms with E-state index < -0.39 is 17.6 Å². The van der Waals surface area contributed by atoms with E-state index in [1.165, 1.54) is 6.21 Å². The molecule has 0 saturated heterocycles. The van der Waals surface area contributed by atoms with Gasteiger partial charge < -0.3 is 10.6 Å². The number of alkyl halides is 3. The van der Waals surface area contributed by atoms with Crippen molar-refractivity contribution in [2.75, 3.05) is 16.1 Å². The number of nitrogens with one attached hydrogen (secondary N) is 3. The molecule has 0 aliphatic heterocycles. The number of benzene rings is 2. The first-order chi connectivity index (χ1) is 17.7. The van der Waals surface area contributed by atoms with Crippen LogP contribution in [0.1, 0.15) is 16.7 Å². The minimum atomic E-state index is -4.87. The molecule has 8 nitrogen and oxygen atoms in total. The Morgan fingerprint density at radius 1 is 0.973 bits per heavy atom. The van der Waals surface area contributed by atoms with Gasteiger partial charge in [0.2, 0.25) is 17.8 Å². The predicted molar refractivity (Wildman–Crippen MR) is 134 cm³/mol. The van der Waals surface area contributed by atoms with Crippen LogP contribution in [0.2, 0.25) is 5.15 Å². The van der Waals surface area contributed by atoms with Crippen LogP contribution in [0.25, 0.3) is 0 Å². The Balaban J connectivity index is 1.58. The molecule has 186 valence electrons. The van der Waals surface area contributed by atoms with Crippen molar-refractivity contribution < 1.29 is 17.6 Å². The Kier molecular flexibility index (Phi) is 7.82. The Labute approximate surface area is 214 Å². The first-order valence-corrected chi connectivity index (χ1v) is 10.9. The van der Waals surface area contributed by atoms with E-state index in [0.29, 0.717) is 28.3 Å². The number of halogens is 5. The Morgan fingerprint density at radius 2 is 1.76 bits per heavy atom. The number of hydrazone groups is 1. The van der Waals surface area contributed by atoms with Gasteiger partial charge in [0, 0.05) is 18.4 Å². The number of rotatable bonds is 8. The van der Waals surface area contributed by atoms with Crippen LogP contribution in [-0.4, -0.2) is 34.0 Å². The van der Waals surface area contributed by atoms with Crippen molar-refractivity contribution in [3.63, 3.8) is 0 Å². The summed E-state index contributed by atoms with van der Waals surface area (Å²) in [6, 6.07) is 12.8. The topological polar surface area (TPSA) is 100 Å². The molecule has 0 aliphatic carbocycles. The molecule has 2 heterocycles. The molecule has 0 saturated carbocycles. The summed E-state index contributed by atoms with van der Waals surface area (Å²) in [6.45, 7) is 0.258. The van der Waals surface area contributed by atoms with Crippen LogP contribution in [0.5, 0.6) is 0 Å². The highest BCUT2D eigenvalue weighted by atomic mass is 35.5. The zero-order valence-corrected chi connectivity index (χ0v) is 19.5. The summed E-state index contributed by atoms with van der Waals surface area (Å²) < 4.78 is 53.0. The Morgan fingerprint density at radius 3 is 2.49 bits per heavy atom. The minimum Gasteiger partial charge on any atom is -0.350 e. The van der Waals surface area contributed by atoms with Gasteiger partial charge >= 0.3 is 6.18 Å². The summed E-state index contributed by atoms with van der Waals surface area (Å²) >= 11 is 5.80. The van der Waals surface area contributed by atoms with Gasteiger partial charge in [-0.1, -0.05) is 47.4 Å². The number of pyridine rings is 1. The summed E-state index contributed by atoms with van der Waals surface area (Å²) in [5.41, 5.74) is 3.16. The van der Waals surface area contributed by atoms with E-state index in [0.717, 1.165) is 11.6 Å². The Hall–Kier alpha value is -4.26. The summed E-state index contributed by atoms with van der Waals surface area (Å²) in [7, 11) is 5.75. The summed E-state index contributed by atoms with van der Waals surface area (Å²) in [4.78, 5) is 16.5. The number of hydrogen-bond acceptors (Lipinski definition) is 8. The minimum absolute atomic E-state index is 0.0208. The molecule has 2 aromatic carbocycles. The molecule has 3 N–H and O–H groups in total. The van der Waals surface area contributed by atoms with Crippen molar-refractivity contribution in [3.05, 3.63) is 88.5 Å². The molecule has 0 atom stereocenters. The fourth-order valence-electron chi connectivity index (χ4n) is 3.01. The van der Waals surface area contributed by atoms with Crippen LogP contribution in [0.3, 0.4) is 0 Å². The third-order valence-electron chi connectivity index (χ3n) is 4.69. The molecular formula is C23H16BClF4N8. The largest absolute Gasteiger partial charge is 0.419 e. The van der Waals surface area contributed by atoms with E-state index in [-0.39, 0.29) is 30.1 Å². The summed E-state index contributed by atoms with van der Waals surface area (Å²) in [5, 5.41) is 10.0. The van der Waals surface area contributed by atoms with Gasteiger partial charge in [0.05, 0.1) is 11.8 Å². The van der Waals surface area contributed by atoms with Crippen LogP contribution in [-0.2, 0) is 12.7 Å². The van der Waals surface area contributed by atoms with Gasteiger partial charge in [-0.15, -0.1) is 0 Å². The van der Waals surface area contributed by atoms with Crippen molar-refractivity contribution >= 4 is 54.7 Å². The van der Waals surface area contributed by atoms with E-state index >= 15 is 0 Å². The summed E-state index contributed by atoms with van der Waals surface area (Å²) in [6.07, 6.45) is -1.83. The monoisotopic (exact) mass is 526 g/mol. The first kappa shape index (κ1) is 25.8. The van der Waals surface area contributed by atoms with Gasteiger partial charge in [-0.25, -0.2) is 14.8 Å². The highest BCUT2D eigenvalue weighted by molar-refractivity contribution is 6.32. The van der Waals surface area contributed by atoms with Gasteiger partial charge in [0.15, 0.2) is 0 Å². The average Bonchev–Trinajstić information content (AvgIpc) is 2.84. The third-order valence-corrected chi connectivity index (χ3v) is 4.92. The molecule has 2 aromatic heterocycles. The molecule has 2 radical (unpaired) electrons. The van der Waals surface area contributed by atoms with Gasteiger partial charge in [-0.3, -0.25) is 0 Å². The average molecular weight is 527 g/mol. The van der Waals surface area contributed by atoms with Crippen molar-refractivity contribution in [3.8, 4) is 0 Å². The molecule has 0 aliphatic rings. The van der Waals surface area contributed by atoms with Crippen LogP contribution in [0.4, 0.5) is 41.1 Å². The van der Waals surface area contributed by atoms with E-state index in [1.807, 2.05) is 0 Å². The fourth-order valence-corrected chi connectivity index (χ4v) is 3.12. The number of nitrogens with zero attached hydrogens (tertiary/aromatic N) is 5. The molecule has 0 unspecified atom stereocenters. The van der Waals surface area contributed by atoms with E-state index in [4.69, 9.17) is 19.4 Å². The number of aromatic nitrogens is 4. The van der Waals surface area contributed by atoms with E-state index in [1.54, 1.807) is 42.6 Å². The molecule has 0 bridgehead atoms. The number of hydrogen-bond donors (Lipinski definition) is 3. The quantitative estimate of drug-likeness (QED) is 0.101. The highest BCUT2D eigenvalue weighted by Crippen LogP contribution is 2.33. The molecule has 0 spiro atoms. The van der Waals surface area contributed by atoms with Crippen LogP contribution < -0.4 is 21.5 Å². The zero-order chi connectivity index (χ0) is 26.4. The van der Waals surface area contributed by atoms with E-state index in [2.05, 4.69) is 41.1 Å². The molecule has 14 heteroatoms. The van der Waals surface area contributed by atoms with Crippen molar-refractivity contribution in [2.45, 2.75) is 12.7 Å². The smallest absolute Gasteiger partial charge is 0.350 e. The maximum absolute atomic E-state index is 13.7. The maximum atomic E-state index is 13.7. The molecule has 4 aromatic rings. The Bertz CT molecular complexity index is 1420. The lowest BCUT2D eigenvalue weighted by atomic mass is 9.95. The third kappa shape index (κ3) is 7.37. The van der Waals surface area contributed by atoms with Gasteiger partial charge in [-0.2, -0.15) is 33.2 Å². The lowest BCUT2D eigenvalue weighted by molar-refractivity contribution is -0.139. The van der Waals surface area contributed by atoms with Crippen molar-refractivity contribution in [2.24, 2.45) is 5.10 Å². The molecule has 0 fully saturated rings. The lowest BCUT2D eigenvalue weighted by Crippen LogP contribution is -2.11. The van der Waals surface area contributed by atoms with Crippen LogP contribution >= 0.6 is 11.6 Å². The maximum Gasteiger partial charge on any atom is 0.419 e. The second kappa shape index (κ2) is 11.2. The van der Waals surface area contributed by atoms with Gasteiger partial charge in [-0.05, 0) is 35.4 Å². The van der Waals surface area contributed by atoms with Crippen molar-refractivity contribution in [1.29, 1.82) is 0 Å². The standard InChI is InChI=1S/C23H16BClF4N8/c24-15-3-1-2-13(8-15)12-32-37-22-35-20(31-11-14-4-7-19(25)30-10-14)34-21(36-22)33-16-5-6-18(26)17(9-16)23(27,28)29/h1-10,12H,11H2,(H3,31,33,34,35,36,37)/b32-12+. The highest BCUT2D eigenvalue weighted by Gasteiger charge is 2.34. The predicted octanol–water partition coefficient (Wildman–Crippen LogP) is 4.67. The van der Waals surface area contributed by atoms with E-state index in [9.17, 15) is 17.6 Å². The normalized spacial score (nSPS) is 11.5. The lowest BCUT2D eigenvalue weighted by Gasteiger charge is -2.12. The number of anilines is 4. The van der Waals surface area contributed by atoms with Crippen LogP contribution in [0.15, 0.2) is 65.9 Å².